The molecule has 0 saturated carbocycles. The maximum Gasteiger partial charge on any atom is 0.0424 e. The largest absolute Gasteiger partial charge is 0.384 e. The van der Waals surface area contributed by atoms with Gasteiger partial charge in [-0.25, -0.2) is 0 Å². The highest BCUT2D eigenvalue weighted by Gasteiger charge is 2.22. The molecular formula is C11H16N2. The van der Waals surface area contributed by atoms with E-state index >= 15 is 0 Å². The standard InChI is InChI=1S/C11H16N2/c1-11(2,12)9-5-3-4-8-6-7-13-10(8)9/h3-5,13H,6-7,12H2,1-2H3. The van der Waals surface area contributed by atoms with Crippen LogP contribution in [0.5, 0.6) is 0 Å². The molecule has 0 fully saturated rings. The number of nitrogens with one attached hydrogen (secondary N) is 1. The number of hydrogen-bond donors (Lipinski definition) is 2. The average Bonchev–Trinajstić information content (AvgIpc) is 2.48. The monoisotopic (exact) mass is 176 g/mol. The van der Waals surface area contributed by atoms with Crippen LogP contribution in [-0.2, 0) is 12.0 Å². The zero-order valence-electron chi connectivity index (χ0n) is 8.22. The van der Waals surface area contributed by atoms with Crippen LogP contribution >= 0.6 is 0 Å². The van der Waals surface area contributed by atoms with Gasteiger partial charge >= 0.3 is 0 Å². The maximum absolute atomic E-state index is 6.09. The van der Waals surface area contributed by atoms with Crippen molar-refractivity contribution in [2.75, 3.05) is 11.9 Å². The second-order valence-corrected chi connectivity index (χ2v) is 4.24. The highest BCUT2D eigenvalue weighted by Crippen LogP contribution is 2.32. The Labute approximate surface area is 79.1 Å². The Hall–Kier alpha value is -1.02. The van der Waals surface area contributed by atoms with E-state index in [0.29, 0.717) is 0 Å². The van der Waals surface area contributed by atoms with Gasteiger partial charge in [0.2, 0.25) is 0 Å². The zero-order chi connectivity index (χ0) is 9.47. The van der Waals surface area contributed by atoms with Crippen molar-refractivity contribution >= 4 is 5.69 Å². The average molecular weight is 176 g/mol. The van der Waals surface area contributed by atoms with Gasteiger partial charge in [0.05, 0.1) is 0 Å². The number of nitrogens with two attached hydrogens (primary N) is 1. The Morgan fingerprint density at radius 1 is 1.38 bits per heavy atom. The highest BCUT2D eigenvalue weighted by molar-refractivity contribution is 5.63. The van der Waals surface area contributed by atoms with Gasteiger partial charge in [0.15, 0.2) is 0 Å². The minimum absolute atomic E-state index is 0.247. The second-order valence-electron chi connectivity index (χ2n) is 4.24. The molecule has 1 aliphatic rings. The molecule has 2 heteroatoms. The molecule has 1 aromatic carbocycles. The number of hydrogen-bond acceptors (Lipinski definition) is 2. The van der Waals surface area contributed by atoms with Gasteiger partial charge < -0.3 is 11.1 Å². The Kier molecular flexibility index (Phi) is 1.81. The summed E-state index contributed by atoms with van der Waals surface area (Å²) in [5.41, 5.74) is 9.73. The molecule has 2 nitrogen and oxygen atoms in total. The molecule has 0 unspecified atom stereocenters. The number of para-hydroxylation sites is 1. The van der Waals surface area contributed by atoms with E-state index in [1.165, 1.54) is 16.8 Å². The number of rotatable bonds is 1. The van der Waals surface area contributed by atoms with E-state index in [2.05, 4.69) is 23.5 Å². The first-order valence-electron chi connectivity index (χ1n) is 4.74. The highest BCUT2D eigenvalue weighted by atomic mass is 14.9. The Morgan fingerprint density at radius 3 is 2.85 bits per heavy atom. The van der Waals surface area contributed by atoms with E-state index < -0.39 is 0 Å². The van der Waals surface area contributed by atoms with Gasteiger partial charge in [-0.2, -0.15) is 0 Å². The lowest BCUT2D eigenvalue weighted by molar-refractivity contribution is 0.556. The van der Waals surface area contributed by atoms with E-state index in [0.717, 1.165) is 13.0 Å². The molecule has 1 aliphatic heterocycles. The van der Waals surface area contributed by atoms with Crippen molar-refractivity contribution in [2.24, 2.45) is 5.73 Å². The number of benzene rings is 1. The lowest BCUT2D eigenvalue weighted by atomic mass is 9.92. The lowest BCUT2D eigenvalue weighted by Gasteiger charge is -2.22. The molecule has 2 rings (SSSR count). The van der Waals surface area contributed by atoms with Gasteiger partial charge in [-0.05, 0) is 31.4 Å². The molecular weight excluding hydrogens is 160 g/mol. The molecule has 13 heavy (non-hydrogen) atoms. The van der Waals surface area contributed by atoms with Crippen LogP contribution in [0.4, 0.5) is 5.69 Å². The third-order valence-corrected chi connectivity index (χ3v) is 2.54. The SMILES string of the molecule is CC(C)(N)c1cccc2c1NCC2. The third-order valence-electron chi connectivity index (χ3n) is 2.54. The van der Waals surface area contributed by atoms with Crippen LogP contribution in [0.3, 0.4) is 0 Å². The molecule has 0 amide bonds. The van der Waals surface area contributed by atoms with Crippen molar-refractivity contribution in [1.82, 2.24) is 0 Å². The van der Waals surface area contributed by atoms with Gasteiger partial charge in [-0.3, -0.25) is 0 Å². The van der Waals surface area contributed by atoms with Crippen molar-refractivity contribution in [3.63, 3.8) is 0 Å². The first-order chi connectivity index (χ1) is 6.09. The summed E-state index contributed by atoms with van der Waals surface area (Å²) in [5, 5.41) is 3.40. The summed E-state index contributed by atoms with van der Waals surface area (Å²) in [6.07, 6.45) is 1.12. The van der Waals surface area contributed by atoms with Crippen molar-refractivity contribution in [3.05, 3.63) is 29.3 Å². The zero-order valence-corrected chi connectivity index (χ0v) is 8.22. The van der Waals surface area contributed by atoms with Crippen molar-refractivity contribution in [3.8, 4) is 0 Å². The summed E-state index contributed by atoms with van der Waals surface area (Å²) < 4.78 is 0. The van der Waals surface area contributed by atoms with Crippen molar-refractivity contribution in [2.45, 2.75) is 25.8 Å². The van der Waals surface area contributed by atoms with Gasteiger partial charge in [0.1, 0.15) is 0 Å². The minimum atomic E-state index is -0.247. The fraction of sp³-hybridized carbons (Fsp3) is 0.455. The summed E-state index contributed by atoms with van der Waals surface area (Å²) in [5.74, 6) is 0. The first-order valence-corrected chi connectivity index (χ1v) is 4.74. The Bertz CT molecular complexity index is 323. The molecule has 0 spiro atoms. The van der Waals surface area contributed by atoms with Crippen molar-refractivity contribution < 1.29 is 0 Å². The smallest absolute Gasteiger partial charge is 0.0424 e. The topological polar surface area (TPSA) is 38.0 Å². The van der Waals surface area contributed by atoms with Crippen LogP contribution in [0, 0.1) is 0 Å². The number of anilines is 1. The normalized spacial score (nSPS) is 15.3. The van der Waals surface area contributed by atoms with E-state index in [4.69, 9.17) is 5.73 Å². The summed E-state index contributed by atoms with van der Waals surface area (Å²) in [7, 11) is 0. The van der Waals surface area contributed by atoms with E-state index in [-0.39, 0.29) is 5.54 Å². The van der Waals surface area contributed by atoms with Crippen LogP contribution < -0.4 is 11.1 Å². The molecule has 0 atom stereocenters. The summed E-state index contributed by atoms with van der Waals surface area (Å²) in [6.45, 7) is 5.13. The molecule has 0 bridgehead atoms. The molecule has 70 valence electrons. The molecule has 0 aliphatic carbocycles. The third kappa shape index (κ3) is 1.42. The molecule has 0 aromatic heterocycles. The summed E-state index contributed by atoms with van der Waals surface area (Å²) >= 11 is 0. The summed E-state index contributed by atoms with van der Waals surface area (Å²) in [6, 6.07) is 6.37. The van der Waals surface area contributed by atoms with Gasteiger partial charge in [-0.1, -0.05) is 18.2 Å². The van der Waals surface area contributed by atoms with Gasteiger partial charge in [0.25, 0.3) is 0 Å². The van der Waals surface area contributed by atoms with Crippen LogP contribution in [0.1, 0.15) is 25.0 Å². The van der Waals surface area contributed by atoms with Crippen LogP contribution in [-0.4, -0.2) is 6.54 Å². The number of fused-ring (bicyclic) bond motifs is 1. The minimum Gasteiger partial charge on any atom is -0.384 e. The van der Waals surface area contributed by atoms with Crippen LogP contribution in [0.15, 0.2) is 18.2 Å². The van der Waals surface area contributed by atoms with Crippen LogP contribution in [0.2, 0.25) is 0 Å². The molecule has 3 N–H and O–H groups in total. The fourth-order valence-electron chi connectivity index (χ4n) is 1.88. The van der Waals surface area contributed by atoms with E-state index in [9.17, 15) is 0 Å². The Morgan fingerprint density at radius 2 is 2.15 bits per heavy atom. The molecule has 0 saturated heterocycles. The molecule has 1 aromatic rings. The van der Waals surface area contributed by atoms with E-state index in [1.54, 1.807) is 0 Å². The maximum atomic E-state index is 6.09. The van der Waals surface area contributed by atoms with Gasteiger partial charge in [0, 0.05) is 17.8 Å². The van der Waals surface area contributed by atoms with Gasteiger partial charge in [-0.15, -0.1) is 0 Å². The predicted molar refractivity (Wildman–Crippen MR) is 55.8 cm³/mol. The second kappa shape index (κ2) is 2.74. The Balaban J connectivity index is 2.54. The first kappa shape index (κ1) is 8.57. The summed E-state index contributed by atoms with van der Waals surface area (Å²) in [4.78, 5) is 0. The molecule has 1 heterocycles. The lowest BCUT2D eigenvalue weighted by Crippen LogP contribution is -2.29. The fourth-order valence-corrected chi connectivity index (χ4v) is 1.88. The quantitative estimate of drug-likeness (QED) is 0.685. The van der Waals surface area contributed by atoms with Crippen molar-refractivity contribution in [1.29, 1.82) is 0 Å². The molecule has 0 radical (unpaired) electrons. The predicted octanol–water partition coefficient (Wildman–Crippen LogP) is 1.85. The van der Waals surface area contributed by atoms with Crippen LogP contribution in [0.25, 0.3) is 0 Å². The van der Waals surface area contributed by atoms with E-state index in [1.807, 2.05) is 13.8 Å².